The Morgan fingerprint density at radius 1 is 0.378 bits per heavy atom. The molecule has 9 rings (SSSR count). The lowest BCUT2D eigenvalue weighted by Crippen LogP contribution is -1.95. The van der Waals surface area contributed by atoms with Crippen LogP contribution in [0, 0.1) is 0 Å². The summed E-state index contributed by atoms with van der Waals surface area (Å²) in [4.78, 5) is 20.4. The maximum Gasteiger partial charge on any atom is 0.161 e. The van der Waals surface area contributed by atoms with E-state index >= 15 is 0 Å². The van der Waals surface area contributed by atoms with Gasteiger partial charge in [0, 0.05) is 53.2 Å². The van der Waals surface area contributed by atoms with Crippen molar-refractivity contribution in [2.45, 2.75) is 0 Å². The minimum Gasteiger partial charge on any atom is -0.228 e. The molecule has 0 saturated carbocycles. The highest BCUT2D eigenvalue weighted by Crippen LogP contribution is 2.41. The van der Waals surface area contributed by atoms with Gasteiger partial charge >= 0.3 is 0 Å². The third kappa shape index (κ3) is 4.36. The summed E-state index contributed by atoms with van der Waals surface area (Å²) in [5.74, 6) is 1.45. The zero-order valence-electron chi connectivity index (χ0n) is 24.1. The van der Waals surface area contributed by atoms with Crippen molar-refractivity contribution in [3.63, 3.8) is 0 Å². The molecule has 0 unspecified atom stereocenters. The van der Waals surface area contributed by atoms with Gasteiger partial charge in [-0.1, -0.05) is 109 Å². The van der Waals surface area contributed by atoms with Crippen molar-refractivity contribution in [3.8, 4) is 45.3 Å². The molecule has 0 bridgehead atoms. The molecule has 0 fully saturated rings. The Kier molecular flexibility index (Phi) is 5.96. The lowest BCUT2D eigenvalue weighted by Gasteiger charge is -2.10. The number of hydrogen-bond acceptors (Lipinski definition) is 5. The van der Waals surface area contributed by atoms with Gasteiger partial charge in [-0.2, -0.15) is 0 Å². The molecule has 4 nitrogen and oxygen atoms in total. The molecule has 0 N–H and O–H groups in total. The molecule has 210 valence electrons. The molecule has 0 saturated heterocycles. The molecule has 0 aliphatic heterocycles. The summed E-state index contributed by atoms with van der Waals surface area (Å²) in [6, 6.07) is 50.2. The topological polar surface area (TPSA) is 51.6 Å². The second-order valence-corrected chi connectivity index (χ2v) is 12.1. The maximum atomic E-state index is 5.17. The smallest absolute Gasteiger partial charge is 0.161 e. The summed E-state index contributed by atoms with van der Waals surface area (Å²) in [6.45, 7) is 0. The third-order valence-electron chi connectivity index (χ3n) is 8.30. The van der Waals surface area contributed by atoms with Crippen LogP contribution >= 0.6 is 11.3 Å². The average molecular weight is 593 g/mol. The second-order valence-electron chi connectivity index (χ2n) is 11.1. The van der Waals surface area contributed by atoms with Crippen molar-refractivity contribution in [1.82, 2.24) is 19.9 Å². The van der Waals surface area contributed by atoms with Crippen LogP contribution in [0.4, 0.5) is 0 Å². The number of nitrogens with zero attached hydrogens (tertiary/aromatic N) is 4. The third-order valence-corrected chi connectivity index (χ3v) is 9.52. The molecular formula is C40H24N4S. The first-order chi connectivity index (χ1) is 22.3. The number of aromatic nitrogens is 4. The quantitative estimate of drug-likeness (QED) is 0.204. The van der Waals surface area contributed by atoms with E-state index in [9.17, 15) is 0 Å². The number of fused-ring (bicyclic) bond motifs is 5. The van der Waals surface area contributed by atoms with E-state index in [0.717, 1.165) is 67.1 Å². The Bertz CT molecular complexity index is 2540. The Morgan fingerprint density at radius 3 is 1.60 bits per heavy atom. The SMILES string of the molecule is c1ccc(-c2nc(-c3ccc4sc5c(-c6nc(-c7ccccc7)c7ccccc7n6)cccc5c4c3)nc3ccccc23)cc1. The van der Waals surface area contributed by atoms with Gasteiger partial charge in [0.05, 0.1) is 22.4 Å². The summed E-state index contributed by atoms with van der Waals surface area (Å²) >= 11 is 1.78. The van der Waals surface area contributed by atoms with Crippen LogP contribution in [-0.2, 0) is 0 Å². The highest BCUT2D eigenvalue weighted by Gasteiger charge is 2.17. The van der Waals surface area contributed by atoms with E-state index in [-0.39, 0.29) is 0 Å². The average Bonchev–Trinajstić information content (AvgIpc) is 3.49. The zero-order valence-corrected chi connectivity index (χ0v) is 24.9. The summed E-state index contributed by atoms with van der Waals surface area (Å²) in [7, 11) is 0. The largest absolute Gasteiger partial charge is 0.228 e. The molecule has 0 radical (unpaired) electrons. The molecule has 0 atom stereocenters. The van der Waals surface area contributed by atoms with E-state index in [2.05, 4.69) is 109 Å². The highest BCUT2D eigenvalue weighted by atomic mass is 32.1. The molecule has 3 heterocycles. The van der Waals surface area contributed by atoms with Crippen LogP contribution in [0.15, 0.2) is 146 Å². The van der Waals surface area contributed by atoms with Gasteiger partial charge in [-0.05, 0) is 36.4 Å². The van der Waals surface area contributed by atoms with Crippen molar-refractivity contribution in [2.75, 3.05) is 0 Å². The molecule has 9 aromatic rings. The van der Waals surface area contributed by atoms with Gasteiger partial charge in [-0.25, -0.2) is 19.9 Å². The van der Waals surface area contributed by atoms with Gasteiger partial charge in [-0.3, -0.25) is 0 Å². The molecule has 0 amide bonds. The minimum absolute atomic E-state index is 0.718. The fourth-order valence-corrected chi connectivity index (χ4v) is 7.34. The van der Waals surface area contributed by atoms with E-state index in [1.807, 2.05) is 36.4 Å². The van der Waals surface area contributed by atoms with Crippen LogP contribution < -0.4 is 0 Å². The molecule has 0 spiro atoms. The standard InChI is InChI=1S/C40H24N4S/c1-3-12-25(13-4-1)36-29-16-7-9-20-33(29)41-39(43-36)27-22-23-35-32(24-27)28-18-11-19-31(38(28)45-35)40-42-34-21-10-8-17-30(34)37(44-40)26-14-5-2-6-15-26/h1-24H. The Labute approximate surface area is 263 Å². The normalized spacial score (nSPS) is 11.6. The molecule has 6 aromatic carbocycles. The molecular weight excluding hydrogens is 569 g/mol. The van der Waals surface area contributed by atoms with E-state index in [1.54, 1.807) is 11.3 Å². The minimum atomic E-state index is 0.718. The summed E-state index contributed by atoms with van der Waals surface area (Å²) < 4.78 is 2.37. The highest BCUT2D eigenvalue weighted by molar-refractivity contribution is 7.26. The van der Waals surface area contributed by atoms with E-state index < -0.39 is 0 Å². The first kappa shape index (κ1) is 25.7. The van der Waals surface area contributed by atoms with Crippen molar-refractivity contribution in [2.24, 2.45) is 0 Å². The molecule has 5 heteroatoms. The lowest BCUT2D eigenvalue weighted by atomic mass is 10.0. The number of para-hydroxylation sites is 2. The van der Waals surface area contributed by atoms with Crippen LogP contribution in [0.25, 0.3) is 87.3 Å². The fourth-order valence-electron chi connectivity index (χ4n) is 6.15. The second kappa shape index (κ2) is 10.4. The van der Waals surface area contributed by atoms with Gasteiger partial charge in [-0.15, -0.1) is 11.3 Å². The first-order valence-electron chi connectivity index (χ1n) is 14.9. The molecule has 3 aromatic heterocycles. The number of hydrogen-bond donors (Lipinski definition) is 0. The summed E-state index contributed by atoms with van der Waals surface area (Å²) in [5.41, 5.74) is 7.93. The zero-order chi connectivity index (χ0) is 29.7. The van der Waals surface area contributed by atoms with Crippen molar-refractivity contribution in [1.29, 1.82) is 0 Å². The van der Waals surface area contributed by atoms with Crippen molar-refractivity contribution < 1.29 is 0 Å². The number of benzene rings is 6. The van der Waals surface area contributed by atoms with Gasteiger partial charge in [0.25, 0.3) is 0 Å². The van der Waals surface area contributed by atoms with Crippen LogP contribution in [0.3, 0.4) is 0 Å². The van der Waals surface area contributed by atoms with Crippen LogP contribution in [0.2, 0.25) is 0 Å². The van der Waals surface area contributed by atoms with E-state index in [1.165, 1.54) is 20.2 Å². The molecule has 0 aliphatic rings. The maximum absolute atomic E-state index is 5.17. The Morgan fingerprint density at radius 2 is 0.933 bits per heavy atom. The van der Waals surface area contributed by atoms with Gasteiger partial charge in [0.15, 0.2) is 11.6 Å². The van der Waals surface area contributed by atoms with E-state index in [0.29, 0.717) is 0 Å². The predicted octanol–water partition coefficient (Wildman–Crippen LogP) is 10.6. The van der Waals surface area contributed by atoms with E-state index in [4.69, 9.17) is 19.9 Å². The molecule has 0 aliphatic carbocycles. The summed E-state index contributed by atoms with van der Waals surface area (Å²) in [6.07, 6.45) is 0. The number of thiophene rings is 1. The van der Waals surface area contributed by atoms with Gasteiger partial charge in [0.2, 0.25) is 0 Å². The van der Waals surface area contributed by atoms with Crippen molar-refractivity contribution in [3.05, 3.63) is 146 Å². The lowest BCUT2D eigenvalue weighted by molar-refractivity contribution is 1.23. The van der Waals surface area contributed by atoms with Crippen LogP contribution in [0.5, 0.6) is 0 Å². The van der Waals surface area contributed by atoms with Crippen LogP contribution in [0.1, 0.15) is 0 Å². The fraction of sp³-hybridized carbons (Fsp3) is 0. The number of rotatable bonds is 4. The van der Waals surface area contributed by atoms with Gasteiger partial charge in [0.1, 0.15) is 0 Å². The Balaban J connectivity index is 1.23. The summed E-state index contributed by atoms with van der Waals surface area (Å²) in [5, 5.41) is 4.45. The van der Waals surface area contributed by atoms with Crippen LogP contribution in [-0.4, -0.2) is 19.9 Å². The first-order valence-corrected chi connectivity index (χ1v) is 15.7. The van der Waals surface area contributed by atoms with Gasteiger partial charge < -0.3 is 0 Å². The Hall–Kier alpha value is -5.78. The monoisotopic (exact) mass is 592 g/mol. The molecule has 45 heavy (non-hydrogen) atoms. The predicted molar refractivity (Wildman–Crippen MR) is 187 cm³/mol. The van der Waals surface area contributed by atoms with Crippen molar-refractivity contribution >= 4 is 53.3 Å².